The number of nitrogens with one attached hydrogen (secondary N) is 2. The second-order valence-electron chi connectivity index (χ2n) is 8.03. The average Bonchev–Trinajstić information content (AvgIpc) is 3.42. The van der Waals surface area contributed by atoms with Crippen LogP contribution in [0.1, 0.15) is 18.8 Å². The number of rotatable bonds is 4. The largest absolute Gasteiger partial charge is 0.441 e. The van der Waals surface area contributed by atoms with Crippen molar-refractivity contribution < 1.29 is 13.9 Å². The number of aromatic nitrogens is 5. The summed E-state index contributed by atoms with van der Waals surface area (Å²) in [6.45, 7) is 2.82. The Morgan fingerprint density at radius 1 is 1.21 bits per heavy atom. The van der Waals surface area contributed by atoms with Crippen LogP contribution in [0, 0.1) is 5.82 Å². The van der Waals surface area contributed by atoms with Gasteiger partial charge in [-0.15, -0.1) is 0 Å². The SMILES string of the molecule is CC(=O)OC1NCCn2c1cc1ccc(Nc3ncc(F)c(-c4cnc5ccccn45)n3)cc12. The number of halogens is 1. The lowest BCUT2D eigenvalue weighted by atomic mass is 10.2. The van der Waals surface area contributed by atoms with Crippen molar-refractivity contribution >= 4 is 34.2 Å². The van der Waals surface area contributed by atoms with Crippen molar-refractivity contribution in [2.75, 3.05) is 11.9 Å². The predicted molar refractivity (Wildman–Crippen MR) is 124 cm³/mol. The zero-order valence-corrected chi connectivity index (χ0v) is 18.2. The highest BCUT2D eigenvalue weighted by Crippen LogP contribution is 2.30. The summed E-state index contributed by atoms with van der Waals surface area (Å²) < 4.78 is 24.0. The summed E-state index contributed by atoms with van der Waals surface area (Å²) in [5.74, 6) is -0.600. The van der Waals surface area contributed by atoms with Gasteiger partial charge in [-0.2, -0.15) is 0 Å². The molecule has 2 N–H and O–H groups in total. The Morgan fingerprint density at radius 3 is 3.00 bits per heavy atom. The standard InChI is InChI=1S/C24H20FN7O2/c1-14(33)34-23-19-10-15-5-6-16(11-18(15)31(19)9-7-26-23)29-24-28-12-17(25)22(30-24)20-13-27-21-4-2-3-8-32(20)21/h2-6,8,10-13,23,26H,7,9H2,1H3,(H,28,29,30). The number of hydrogen-bond donors (Lipinski definition) is 2. The lowest BCUT2D eigenvalue weighted by Crippen LogP contribution is -2.35. The molecule has 1 aliphatic rings. The molecule has 0 saturated heterocycles. The lowest BCUT2D eigenvalue weighted by molar-refractivity contribution is -0.149. The smallest absolute Gasteiger partial charge is 0.304 e. The van der Waals surface area contributed by atoms with Crippen molar-refractivity contribution in [2.24, 2.45) is 0 Å². The predicted octanol–water partition coefficient (Wildman–Crippen LogP) is 3.79. The molecule has 1 atom stereocenters. The first-order valence-corrected chi connectivity index (χ1v) is 10.8. The highest BCUT2D eigenvalue weighted by atomic mass is 19.1. The second-order valence-corrected chi connectivity index (χ2v) is 8.03. The van der Waals surface area contributed by atoms with Gasteiger partial charge in [-0.1, -0.05) is 12.1 Å². The fraction of sp³-hybridized carbons (Fsp3) is 0.167. The van der Waals surface area contributed by atoms with Crippen LogP contribution in [-0.4, -0.2) is 36.4 Å². The molecule has 0 saturated carbocycles. The Labute approximate surface area is 193 Å². The molecule has 1 aliphatic heterocycles. The quantitative estimate of drug-likeness (QED) is 0.396. The van der Waals surface area contributed by atoms with Crippen LogP contribution in [-0.2, 0) is 16.1 Å². The van der Waals surface area contributed by atoms with Crippen molar-refractivity contribution in [3.05, 3.63) is 72.6 Å². The fourth-order valence-electron chi connectivity index (χ4n) is 4.34. The molecule has 0 fully saturated rings. The summed E-state index contributed by atoms with van der Waals surface area (Å²) in [4.78, 5) is 24.3. The van der Waals surface area contributed by atoms with E-state index >= 15 is 0 Å². The van der Waals surface area contributed by atoms with E-state index in [4.69, 9.17) is 4.74 Å². The molecule has 1 unspecified atom stereocenters. The maximum Gasteiger partial charge on any atom is 0.304 e. The van der Waals surface area contributed by atoms with E-state index in [2.05, 4.69) is 30.2 Å². The van der Waals surface area contributed by atoms with E-state index in [1.807, 2.05) is 48.7 Å². The van der Waals surface area contributed by atoms with Crippen molar-refractivity contribution in [3.63, 3.8) is 0 Å². The van der Waals surface area contributed by atoms with Gasteiger partial charge in [-0.05, 0) is 30.3 Å². The van der Waals surface area contributed by atoms with Crippen LogP contribution in [0.2, 0.25) is 0 Å². The molecule has 4 aromatic heterocycles. The van der Waals surface area contributed by atoms with Gasteiger partial charge in [0.05, 0.1) is 29.3 Å². The average molecular weight is 457 g/mol. The second kappa shape index (κ2) is 7.92. The molecule has 9 nitrogen and oxygen atoms in total. The van der Waals surface area contributed by atoms with Gasteiger partial charge < -0.3 is 14.6 Å². The van der Waals surface area contributed by atoms with Gasteiger partial charge in [-0.25, -0.2) is 19.3 Å². The van der Waals surface area contributed by atoms with Crippen molar-refractivity contribution in [3.8, 4) is 11.4 Å². The van der Waals surface area contributed by atoms with Crippen LogP contribution >= 0.6 is 0 Å². The maximum atomic E-state index is 14.6. The van der Waals surface area contributed by atoms with Crippen molar-refractivity contribution in [1.29, 1.82) is 0 Å². The first-order valence-electron chi connectivity index (χ1n) is 10.8. The Morgan fingerprint density at radius 2 is 2.12 bits per heavy atom. The van der Waals surface area contributed by atoms with E-state index in [1.54, 1.807) is 10.6 Å². The molecule has 170 valence electrons. The summed E-state index contributed by atoms with van der Waals surface area (Å²) >= 11 is 0. The molecule has 1 aromatic carbocycles. The summed E-state index contributed by atoms with van der Waals surface area (Å²) in [6.07, 6.45) is 4.08. The number of carbonyl (C=O) groups excluding carboxylic acids is 1. The van der Waals surface area contributed by atoms with Crippen LogP contribution in [0.5, 0.6) is 0 Å². The van der Waals surface area contributed by atoms with E-state index in [0.29, 0.717) is 17.9 Å². The number of pyridine rings is 1. The summed E-state index contributed by atoms with van der Waals surface area (Å²) in [5, 5.41) is 7.42. The molecule has 0 spiro atoms. The summed E-state index contributed by atoms with van der Waals surface area (Å²) in [5.41, 5.74) is 4.04. The van der Waals surface area contributed by atoms with Crippen LogP contribution in [0.15, 0.2) is 61.1 Å². The highest BCUT2D eigenvalue weighted by molar-refractivity contribution is 5.85. The topological polar surface area (TPSA) is 98.4 Å². The molecule has 10 heteroatoms. The minimum atomic E-state index is -0.531. The molecule has 34 heavy (non-hydrogen) atoms. The number of imidazole rings is 1. The molecule has 0 aliphatic carbocycles. The highest BCUT2D eigenvalue weighted by Gasteiger charge is 2.24. The van der Waals surface area contributed by atoms with Gasteiger partial charge in [-0.3, -0.25) is 14.5 Å². The number of hydrogen-bond acceptors (Lipinski definition) is 7. The fourth-order valence-corrected chi connectivity index (χ4v) is 4.34. The molecular formula is C24H20FN7O2. The Bertz CT molecular complexity index is 1560. The lowest BCUT2D eigenvalue weighted by Gasteiger charge is -2.26. The number of fused-ring (bicyclic) bond motifs is 4. The maximum absolute atomic E-state index is 14.6. The number of esters is 1. The van der Waals surface area contributed by atoms with Gasteiger partial charge in [0.2, 0.25) is 5.95 Å². The van der Waals surface area contributed by atoms with Crippen LogP contribution < -0.4 is 10.6 Å². The zero-order valence-electron chi connectivity index (χ0n) is 18.2. The van der Waals surface area contributed by atoms with E-state index in [9.17, 15) is 9.18 Å². The third kappa shape index (κ3) is 3.44. The van der Waals surface area contributed by atoms with Gasteiger partial charge in [0, 0.05) is 37.3 Å². The number of carbonyl (C=O) groups is 1. The van der Waals surface area contributed by atoms with Gasteiger partial charge in [0.25, 0.3) is 0 Å². The minimum Gasteiger partial charge on any atom is -0.441 e. The first kappa shape index (κ1) is 20.3. The molecule has 6 rings (SSSR count). The molecule has 0 amide bonds. The Kier molecular flexibility index (Phi) is 4.73. The number of nitrogens with zero attached hydrogens (tertiary/aromatic N) is 5. The molecular weight excluding hydrogens is 437 g/mol. The minimum absolute atomic E-state index is 0.160. The third-order valence-electron chi connectivity index (χ3n) is 5.81. The van der Waals surface area contributed by atoms with Crippen molar-refractivity contribution in [1.82, 2.24) is 29.2 Å². The normalized spacial score (nSPS) is 15.4. The molecule has 0 radical (unpaired) electrons. The van der Waals surface area contributed by atoms with Crippen LogP contribution in [0.25, 0.3) is 27.9 Å². The first-order chi connectivity index (χ1) is 16.6. The number of anilines is 2. The van der Waals surface area contributed by atoms with E-state index in [-0.39, 0.29) is 17.6 Å². The molecule has 0 bridgehead atoms. The van der Waals surface area contributed by atoms with E-state index < -0.39 is 12.0 Å². The number of ether oxygens (including phenoxy) is 1. The van der Waals surface area contributed by atoms with Crippen molar-refractivity contribution in [2.45, 2.75) is 19.7 Å². The van der Waals surface area contributed by atoms with Gasteiger partial charge in [0.15, 0.2) is 12.0 Å². The summed E-state index contributed by atoms with van der Waals surface area (Å²) in [6, 6.07) is 13.4. The number of benzene rings is 1. The Hall–Kier alpha value is -4.31. The van der Waals surface area contributed by atoms with Gasteiger partial charge in [0.1, 0.15) is 11.3 Å². The Balaban J connectivity index is 1.35. The molecule has 5 heterocycles. The third-order valence-corrected chi connectivity index (χ3v) is 5.81. The van der Waals surface area contributed by atoms with E-state index in [0.717, 1.165) is 35.0 Å². The van der Waals surface area contributed by atoms with Crippen LogP contribution in [0.4, 0.5) is 16.0 Å². The molecule has 5 aromatic rings. The van der Waals surface area contributed by atoms with Gasteiger partial charge >= 0.3 is 5.97 Å². The van der Waals surface area contributed by atoms with Crippen LogP contribution in [0.3, 0.4) is 0 Å². The van der Waals surface area contributed by atoms with E-state index in [1.165, 1.54) is 6.92 Å². The summed E-state index contributed by atoms with van der Waals surface area (Å²) in [7, 11) is 0. The monoisotopic (exact) mass is 457 g/mol. The zero-order chi connectivity index (χ0) is 23.2.